The Bertz CT molecular complexity index is 673. The van der Waals surface area contributed by atoms with Crippen LogP contribution in [0, 0.1) is 24.6 Å². The van der Waals surface area contributed by atoms with Gasteiger partial charge in [0.05, 0.1) is 5.56 Å². The molecular formula is C22H29FN2. The van der Waals surface area contributed by atoms with Gasteiger partial charge in [-0.3, -0.25) is 0 Å². The Kier molecular flexibility index (Phi) is 6.17. The number of nitrogens with zero attached hydrogens (tertiary/aromatic N) is 2. The summed E-state index contributed by atoms with van der Waals surface area (Å²) in [5.41, 5.74) is 2.56. The minimum atomic E-state index is -0.215. The van der Waals surface area contributed by atoms with Crippen molar-refractivity contribution >= 4 is 0 Å². The van der Waals surface area contributed by atoms with E-state index in [9.17, 15) is 4.39 Å². The van der Waals surface area contributed by atoms with E-state index in [1.165, 1.54) is 44.9 Å². The smallest absolute Gasteiger partial charge is 0.162 e. The van der Waals surface area contributed by atoms with Gasteiger partial charge >= 0.3 is 0 Å². The van der Waals surface area contributed by atoms with Gasteiger partial charge in [0.15, 0.2) is 5.82 Å². The third-order valence-electron chi connectivity index (χ3n) is 5.56. The van der Waals surface area contributed by atoms with Crippen molar-refractivity contribution in [1.82, 2.24) is 9.97 Å². The molecule has 1 saturated carbocycles. The Morgan fingerprint density at radius 2 is 1.64 bits per heavy atom. The Morgan fingerprint density at radius 1 is 1.00 bits per heavy atom. The van der Waals surface area contributed by atoms with Crippen molar-refractivity contribution in [3.8, 4) is 11.4 Å². The largest absolute Gasteiger partial charge is 0.236 e. The first-order valence-corrected chi connectivity index (χ1v) is 9.73. The molecule has 0 spiro atoms. The molecule has 1 heterocycles. The van der Waals surface area contributed by atoms with Gasteiger partial charge in [0.2, 0.25) is 0 Å². The lowest BCUT2D eigenvalue weighted by Gasteiger charge is -2.28. The molecule has 1 aromatic carbocycles. The second-order valence-electron chi connectivity index (χ2n) is 7.61. The summed E-state index contributed by atoms with van der Waals surface area (Å²) in [4.78, 5) is 8.46. The molecule has 0 bridgehead atoms. The molecule has 1 fully saturated rings. The molecular weight excluding hydrogens is 311 g/mol. The average Bonchev–Trinajstić information content (AvgIpc) is 2.62. The highest BCUT2D eigenvalue weighted by atomic mass is 19.1. The van der Waals surface area contributed by atoms with Crippen LogP contribution < -0.4 is 0 Å². The Hall–Kier alpha value is -1.77. The van der Waals surface area contributed by atoms with E-state index in [2.05, 4.69) is 16.9 Å². The first-order valence-electron chi connectivity index (χ1n) is 9.73. The molecule has 0 atom stereocenters. The fourth-order valence-corrected chi connectivity index (χ4v) is 4.02. The third kappa shape index (κ3) is 4.87. The number of halogens is 1. The molecule has 3 rings (SSSR count). The highest BCUT2D eigenvalue weighted by molar-refractivity contribution is 5.56. The van der Waals surface area contributed by atoms with E-state index in [4.69, 9.17) is 0 Å². The van der Waals surface area contributed by atoms with Crippen LogP contribution in [-0.2, 0) is 6.42 Å². The summed E-state index contributed by atoms with van der Waals surface area (Å²) in [6.07, 6.45) is 13.8. The number of hydrogen-bond acceptors (Lipinski definition) is 2. The van der Waals surface area contributed by atoms with Gasteiger partial charge in [-0.2, -0.15) is 0 Å². The van der Waals surface area contributed by atoms with Gasteiger partial charge in [-0.1, -0.05) is 51.5 Å². The summed E-state index contributed by atoms with van der Waals surface area (Å²) in [6, 6.07) is 5.53. The number of hydrogen-bond donors (Lipinski definition) is 0. The topological polar surface area (TPSA) is 25.8 Å². The van der Waals surface area contributed by atoms with Crippen LogP contribution in [0.15, 0.2) is 30.6 Å². The zero-order valence-electron chi connectivity index (χ0n) is 15.5. The van der Waals surface area contributed by atoms with Crippen LogP contribution in [0.25, 0.3) is 11.4 Å². The van der Waals surface area contributed by atoms with Gasteiger partial charge < -0.3 is 0 Å². The molecule has 2 aromatic rings. The molecule has 0 unspecified atom stereocenters. The fourth-order valence-electron chi connectivity index (χ4n) is 4.02. The summed E-state index contributed by atoms with van der Waals surface area (Å²) < 4.78 is 14.5. The molecule has 1 aliphatic carbocycles. The Morgan fingerprint density at radius 3 is 2.24 bits per heavy atom. The lowest BCUT2D eigenvalue weighted by atomic mass is 9.78. The highest BCUT2D eigenvalue weighted by Gasteiger charge is 2.20. The van der Waals surface area contributed by atoms with E-state index in [1.807, 2.05) is 19.1 Å². The van der Waals surface area contributed by atoms with E-state index in [1.54, 1.807) is 18.5 Å². The Balaban J connectivity index is 1.56. The quantitative estimate of drug-likeness (QED) is 0.632. The maximum atomic E-state index is 14.5. The third-order valence-corrected chi connectivity index (χ3v) is 5.56. The van der Waals surface area contributed by atoms with E-state index >= 15 is 0 Å². The molecule has 0 aliphatic heterocycles. The summed E-state index contributed by atoms with van der Waals surface area (Å²) in [6.45, 7) is 4.21. The standard InChI is InChI=1S/C22H29FN2/c1-3-4-17-5-7-18(8-6-17)9-10-19-11-12-20(21(23)13-19)22-24-14-16(2)15-25-22/h11-15,17-18H,3-10H2,1-2H3. The van der Waals surface area contributed by atoms with Crippen LogP contribution in [0.3, 0.4) is 0 Å². The lowest BCUT2D eigenvalue weighted by molar-refractivity contribution is 0.252. The fraction of sp³-hybridized carbons (Fsp3) is 0.545. The Labute approximate surface area is 150 Å². The molecule has 0 radical (unpaired) electrons. The number of aromatic nitrogens is 2. The molecule has 0 saturated heterocycles. The maximum absolute atomic E-state index is 14.5. The highest BCUT2D eigenvalue weighted by Crippen LogP contribution is 2.34. The minimum Gasteiger partial charge on any atom is -0.236 e. The molecule has 0 amide bonds. The maximum Gasteiger partial charge on any atom is 0.162 e. The van der Waals surface area contributed by atoms with Crippen molar-refractivity contribution in [3.63, 3.8) is 0 Å². The first-order chi connectivity index (χ1) is 12.2. The second-order valence-corrected chi connectivity index (χ2v) is 7.61. The molecule has 1 aromatic heterocycles. The summed E-state index contributed by atoms with van der Waals surface area (Å²) >= 11 is 0. The zero-order chi connectivity index (χ0) is 17.6. The first kappa shape index (κ1) is 18.0. The predicted octanol–water partition coefficient (Wildman–Crippen LogP) is 6.13. The van der Waals surface area contributed by atoms with E-state index in [0.29, 0.717) is 11.4 Å². The van der Waals surface area contributed by atoms with Gasteiger partial charge in [0.25, 0.3) is 0 Å². The van der Waals surface area contributed by atoms with Gasteiger partial charge in [-0.25, -0.2) is 14.4 Å². The molecule has 134 valence electrons. The minimum absolute atomic E-state index is 0.215. The molecule has 0 N–H and O–H groups in total. The van der Waals surface area contributed by atoms with Crippen molar-refractivity contribution in [1.29, 1.82) is 0 Å². The van der Waals surface area contributed by atoms with Gasteiger partial charge in [0.1, 0.15) is 5.82 Å². The zero-order valence-corrected chi connectivity index (χ0v) is 15.5. The summed E-state index contributed by atoms with van der Waals surface area (Å²) in [5, 5.41) is 0. The van der Waals surface area contributed by atoms with Crippen LogP contribution >= 0.6 is 0 Å². The van der Waals surface area contributed by atoms with Crippen molar-refractivity contribution in [2.24, 2.45) is 11.8 Å². The molecule has 25 heavy (non-hydrogen) atoms. The van der Waals surface area contributed by atoms with Crippen LogP contribution in [0.1, 0.15) is 63.0 Å². The van der Waals surface area contributed by atoms with Crippen LogP contribution in [0.5, 0.6) is 0 Å². The summed E-state index contributed by atoms with van der Waals surface area (Å²) in [5.74, 6) is 2.01. The van der Waals surface area contributed by atoms with Crippen molar-refractivity contribution < 1.29 is 4.39 Å². The van der Waals surface area contributed by atoms with Gasteiger partial charge in [-0.05, 0) is 54.9 Å². The van der Waals surface area contributed by atoms with Crippen LogP contribution in [0.2, 0.25) is 0 Å². The van der Waals surface area contributed by atoms with Gasteiger partial charge in [0, 0.05) is 12.4 Å². The SMILES string of the molecule is CCCC1CCC(CCc2ccc(-c3ncc(C)cn3)c(F)c2)CC1. The normalized spacial score (nSPS) is 20.6. The van der Waals surface area contributed by atoms with Gasteiger partial charge in [-0.15, -0.1) is 0 Å². The molecule has 3 heteroatoms. The lowest BCUT2D eigenvalue weighted by Crippen LogP contribution is -2.15. The van der Waals surface area contributed by atoms with Crippen molar-refractivity contribution in [2.45, 2.75) is 65.2 Å². The van der Waals surface area contributed by atoms with Crippen molar-refractivity contribution in [3.05, 3.63) is 47.5 Å². The molecule has 1 aliphatic rings. The van der Waals surface area contributed by atoms with Crippen LogP contribution in [0.4, 0.5) is 4.39 Å². The predicted molar refractivity (Wildman–Crippen MR) is 101 cm³/mol. The van der Waals surface area contributed by atoms with E-state index < -0.39 is 0 Å². The number of aryl methyl sites for hydroxylation is 2. The second kappa shape index (κ2) is 8.55. The van der Waals surface area contributed by atoms with E-state index in [-0.39, 0.29) is 5.82 Å². The average molecular weight is 340 g/mol. The number of rotatable bonds is 6. The number of benzene rings is 1. The molecule has 2 nitrogen and oxygen atoms in total. The summed E-state index contributed by atoms with van der Waals surface area (Å²) in [7, 11) is 0. The van der Waals surface area contributed by atoms with Crippen molar-refractivity contribution in [2.75, 3.05) is 0 Å². The van der Waals surface area contributed by atoms with E-state index in [0.717, 1.165) is 29.4 Å². The monoisotopic (exact) mass is 340 g/mol. The van der Waals surface area contributed by atoms with Crippen LogP contribution in [-0.4, -0.2) is 9.97 Å².